The normalized spacial score (nSPS) is 19.1. The van der Waals surface area contributed by atoms with E-state index in [-0.39, 0.29) is 23.3 Å². The average Bonchev–Trinajstić information content (AvgIpc) is 3.14. The van der Waals surface area contributed by atoms with Crippen LogP contribution in [0.1, 0.15) is 38.8 Å². The first-order chi connectivity index (χ1) is 16.2. The summed E-state index contributed by atoms with van der Waals surface area (Å²) in [4.78, 5) is 14.9. The molecule has 0 aromatic heterocycles. The molecule has 0 unspecified atom stereocenters. The second kappa shape index (κ2) is 9.22. The third-order valence-electron chi connectivity index (χ3n) is 7.18. The average molecular weight is 459 g/mol. The number of hydrogen-bond acceptors (Lipinski definition) is 3. The second-order valence-corrected chi connectivity index (χ2v) is 10.1. The molecule has 34 heavy (non-hydrogen) atoms. The van der Waals surface area contributed by atoms with Crippen LogP contribution in [-0.4, -0.2) is 50.0 Å². The van der Waals surface area contributed by atoms with Crippen LogP contribution in [0.3, 0.4) is 0 Å². The van der Waals surface area contributed by atoms with Gasteiger partial charge in [-0.2, -0.15) is 4.58 Å². The molecule has 2 aliphatic rings. The van der Waals surface area contributed by atoms with Gasteiger partial charge in [-0.1, -0.05) is 56.3 Å². The smallest absolute Gasteiger partial charge is 0.240 e. The molecule has 0 saturated carbocycles. The number of fused-ring (bicyclic) bond motifs is 2. The number of methoxy groups -OCH3 is 1. The molecule has 5 nitrogen and oxygen atoms in total. The molecule has 178 valence electrons. The number of hydrogen-bond donors (Lipinski definition) is 1. The number of benzene rings is 2. The lowest BCUT2D eigenvalue weighted by Crippen LogP contribution is -2.38. The molecule has 0 atom stereocenters. The van der Waals surface area contributed by atoms with Crippen LogP contribution in [0, 0.1) is 0 Å². The van der Waals surface area contributed by atoms with Gasteiger partial charge in [-0.05, 0) is 31.6 Å². The fourth-order valence-corrected chi connectivity index (χ4v) is 5.34. The Morgan fingerprint density at radius 1 is 1.03 bits per heavy atom. The first kappa shape index (κ1) is 24.0. The highest BCUT2D eigenvalue weighted by molar-refractivity contribution is 6.03. The van der Waals surface area contributed by atoms with Gasteiger partial charge in [-0.3, -0.25) is 4.79 Å². The number of anilines is 1. The fraction of sp³-hybridized carbons (Fsp3) is 0.379. The SMILES string of the molecule is COCCNC(=O)CN1/C(=C/C=C/C2=[N+](C)c3ccccc3C2(C)C)C(C)(C)c2ccccc21. The fourth-order valence-electron chi connectivity index (χ4n) is 5.34. The summed E-state index contributed by atoms with van der Waals surface area (Å²) in [5.41, 5.74) is 7.00. The molecule has 1 N–H and O–H groups in total. The lowest BCUT2D eigenvalue weighted by molar-refractivity contribution is -0.401. The van der Waals surface area contributed by atoms with Gasteiger partial charge < -0.3 is 15.0 Å². The Hall–Kier alpha value is -3.18. The third-order valence-corrected chi connectivity index (χ3v) is 7.18. The first-order valence-electron chi connectivity index (χ1n) is 11.9. The minimum atomic E-state index is -0.210. The van der Waals surface area contributed by atoms with Crippen molar-refractivity contribution in [1.29, 1.82) is 0 Å². The van der Waals surface area contributed by atoms with Crippen molar-refractivity contribution in [3.8, 4) is 0 Å². The quantitative estimate of drug-likeness (QED) is 0.484. The first-order valence-corrected chi connectivity index (χ1v) is 11.9. The lowest BCUT2D eigenvalue weighted by Gasteiger charge is -2.26. The number of carbonyl (C=O) groups excluding carboxylic acids is 1. The van der Waals surface area contributed by atoms with E-state index >= 15 is 0 Å². The Bertz CT molecular complexity index is 1190. The van der Waals surface area contributed by atoms with Crippen molar-refractivity contribution in [2.45, 2.75) is 38.5 Å². The summed E-state index contributed by atoms with van der Waals surface area (Å²) >= 11 is 0. The Morgan fingerprint density at radius 2 is 1.71 bits per heavy atom. The van der Waals surface area contributed by atoms with Crippen molar-refractivity contribution < 1.29 is 14.1 Å². The summed E-state index contributed by atoms with van der Waals surface area (Å²) in [6, 6.07) is 17.0. The maximum absolute atomic E-state index is 12.7. The summed E-state index contributed by atoms with van der Waals surface area (Å²) in [6.45, 7) is 10.3. The standard InChI is InChI=1S/C29H35N3O2/c1-28(2)21-12-7-9-14-23(21)31(5)25(28)16-11-17-26-29(3,4)22-13-8-10-15-24(22)32(26)20-27(33)30-18-19-34-6/h7-17H,18-20H2,1-6H3/p+1. The summed E-state index contributed by atoms with van der Waals surface area (Å²) in [6.07, 6.45) is 6.52. The van der Waals surface area contributed by atoms with E-state index < -0.39 is 0 Å². The lowest BCUT2D eigenvalue weighted by atomic mass is 9.81. The monoisotopic (exact) mass is 458 g/mol. The van der Waals surface area contributed by atoms with Gasteiger partial charge in [-0.25, -0.2) is 0 Å². The molecule has 2 aliphatic heterocycles. The largest absolute Gasteiger partial charge is 0.383 e. The molecule has 4 rings (SSSR count). The number of carbonyl (C=O) groups is 1. The molecule has 5 heteroatoms. The summed E-state index contributed by atoms with van der Waals surface area (Å²) in [5, 5.41) is 2.96. The van der Waals surface area contributed by atoms with Crippen molar-refractivity contribution in [3.05, 3.63) is 83.6 Å². The van der Waals surface area contributed by atoms with Crippen LogP contribution in [0.4, 0.5) is 11.4 Å². The van der Waals surface area contributed by atoms with Crippen LogP contribution in [0.2, 0.25) is 0 Å². The Balaban J connectivity index is 1.66. The van der Waals surface area contributed by atoms with Crippen LogP contribution in [0.25, 0.3) is 0 Å². The van der Waals surface area contributed by atoms with E-state index in [1.165, 1.54) is 22.5 Å². The van der Waals surface area contributed by atoms with Gasteiger partial charge in [0.15, 0.2) is 5.71 Å². The van der Waals surface area contributed by atoms with Crippen LogP contribution in [0.5, 0.6) is 0 Å². The number of amides is 1. The molecule has 1 amide bonds. The predicted octanol–water partition coefficient (Wildman–Crippen LogP) is 4.69. The zero-order valence-corrected chi connectivity index (χ0v) is 21.2. The van der Waals surface area contributed by atoms with Crippen molar-refractivity contribution >= 4 is 23.0 Å². The van der Waals surface area contributed by atoms with E-state index in [1.807, 2.05) is 6.07 Å². The van der Waals surface area contributed by atoms with Crippen LogP contribution in [-0.2, 0) is 20.4 Å². The van der Waals surface area contributed by atoms with E-state index in [9.17, 15) is 4.79 Å². The number of nitrogens with one attached hydrogen (secondary N) is 1. The van der Waals surface area contributed by atoms with Gasteiger partial charge in [0.05, 0.1) is 12.0 Å². The maximum Gasteiger partial charge on any atom is 0.240 e. The molecule has 0 spiro atoms. The molecular formula is C29H36N3O2+. The summed E-state index contributed by atoms with van der Waals surface area (Å²) in [5.74, 6) is -0.0130. The highest BCUT2D eigenvalue weighted by atomic mass is 16.5. The van der Waals surface area contributed by atoms with Crippen LogP contribution < -0.4 is 10.2 Å². The van der Waals surface area contributed by atoms with Gasteiger partial charge in [0.2, 0.25) is 11.6 Å². The minimum absolute atomic E-state index is 0.0130. The van der Waals surface area contributed by atoms with E-state index in [2.05, 4.69) is 110 Å². The van der Waals surface area contributed by atoms with Gasteiger partial charge >= 0.3 is 0 Å². The van der Waals surface area contributed by atoms with Crippen LogP contribution in [0.15, 0.2) is 72.5 Å². The second-order valence-electron chi connectivity index (χ2n) is 10.1. The number of ether oxygens (including phenoxy) is 1. The van der Waals surface area contributed by atoms with E-state index in [4.69, 9.17) is 4.74 Å². The van der Waals surface area contributed by atoms with Gasteiger partial charge in [0.1, 0.15) is 13.6 Å². The van der Waals surface area contributed by atoms with Crippen molar-refractivity contribution in [2.75, 3.05) is 38.8 Å². The Morgan fingerprint density at radius 3 is 2.41 bits per heavy atom. The maximum atomic E-state index is 12.7. The molecule has 0 radical (unpaired) electrons. The number of nitrogens with zero attached hydrogens (tertiary/aromatic N) is 2. The third kappa shape index (κ3) is 4.09. The predicted molar refractivity (Wildman–Crippen MR) is 139 cm³/mol. The summed E-state index contributed by atoms with van der Waals surface area (Å²) < 4.78 is 7.35. The molecule has 2 heterocycles. The van der Waals surface area contributed by atoms with Crippen LogP contribution >= 0.6 is 0 Å². The molecule has 0 saturated heterocycles. The molecule has 0 aliphatic carbocycles. The van der Waals surface area contributed by atoms with Gasteiger partial charge in [-0.15, -0.1) is 0 Å². The Kier molecular flexibility index (Phi) is 6.50. The van der Waals surface area contributed by atoms with Gasteiger partial charge in [0.25, 0.3) is 0 Å². The van der Waals surface area contributed by atoms with Gasteiger partial charge in [0, 0.05) is 48.2 Å². The number of para-hydroxylation sites is 2. The zero-order valence-electron chi connectivity index (χ0n) is 21.2. The van der Waals surface area contributed by atoms with Crippen molar-refractivity contribution in [2.24, 2.45) is 0 Å². The molecular weight excluding hydrogens is 422 g/mol. The zero-order chi connectivity index (χ0) is 24.5. The molecule has 2 aromatic carbocycles. The highest BCUT2D eigenvalue weighted by Crippen LogP contribution is 2.47. The number of allylic oxidation sites excluding steroid dienone is 4. The molecule has 0 fully saturated rings. The minimum Gasteiger partial charge on any atom is -0.383 e. The molecule has 0 bridgehead atoms. The van der Waals surface area contributed by atoms with Crippen molar-refractivity contribution in [3.63, 3.8) is 0 Å². The molecule has 2 aromatic rings. The topological polar surface area (TPSA) is 44.6 Å². The summed E-state index contributed by atoms with van der Waals surface area (Å²) in [7, 11) is 3.77. The highest BCUT2D eigenvalue weighted by Gasteiger charge is 2.43. The Labute approximate surface area is 203 Å². The van der Waals surface area contributed by atoms with E-state index in [1.54, 1.807) is 7.11 Å². The number of rotatable bonds is 7. The van der Waals surface area contributed by atoms with E-state index in [0.717, 1.165) is 11.4 Å². The van der Waals surface area contributed by atoms with Crippen molar-refractivity contribution in [1.82, 2.24) is 5.32 Å². The van der Waals surface area contributed by atoms with E-state index in [0.29, 0.717) is 13.2 Å².